The van der Waals surface area contributed by atoms with Crippen LogP contribution in [0.4, 0.5) is 14.8 Å². The molecule has 0 unspecified atom stereocenters. The summed E-state index contributed by atoms with van der Waals surface area (Å²) in [6, 6.07) is 10.1. The van der Waals surface area contributed by atoms with Gasteiger partial charge < -0.3 is 16.8 Å². The molecule has 6 N–H and O–H groups in total. The van der Waals surface area contributed by atoms with Crippen molar-refractivity contribution in [2.45, 2.75) is 0 Å². The summed E-state index contributed by atoms with van der Waals surface area (Å²) in [5.74, 6) is -1.06. The van der Waals surface area contributed by atoms with Crippen LogP contribution in [-0.2, 0) is 0 Å². The van der Waals surface area contributed by atoms with Crippen molar-refractivity contribution in [3.63, 3.8) is 0 Å². The van der Waals surface area contributed by atoms with Gasteiger partial charge in [-0.3, -0.25) is 14.9 Å². The molecule has 0 bridgehead atoms. The Morgan fingerprint density at radius 1 is 0.923 bits per heavy atom. The Balaban J connectivity index is 1.87. The zero-order valence-electron chi connectivity index (χ0n) is 13.3. The zero-order valence-corrected chi connectivity index (χ0v) is 14.9. The fourth-order valence-corrected chi connectivity index (χ4v) is 4.13. The highest BCUT2D eigenvalue weighted by atomic mass is 32.1. The van der Waals surface area contributed by atoms with Gasteiger partial charge in [-0.25, -0.2) is 4.79 Å². The molecule has 0 aliphatic carbocycles. The summed E-state index contributed by atoms with van der Waals surface area (Å²) >= 11 is 2.42. The third kappa shape index (κ3) is 3.73. The molecule has 2 aromatic heterocycles. The van der Waals surface area contributed by atoms with E-state index in [0.29, 0.717) is 10.6 Å². The summed E-state index contributed by atoms with van der Waals surface area (Å²) in [6.45, 7) is 0. The van der Waals surface area contributed by atoms with Crippen LogP contribution < -0.4 is 22.1 Å². The number of primary amides is 2. The summed E-state index contributed by atoms with van der Waals surface area (Å²) in [7, 11) is 0. The van der Waals surface area contributed by atoms with Crippen molar-refractivity contribution in [3.8, 4) is 11.1 Å². The van der Waals surface area contributed by atoms with Gasteiger partial charge in [0.05, 0.1) is 16.1 Å². The smallest absolute Gasteiger partial charge is 0.317 e. The van der Waals surface area contributed by atoms with Crippen molar-refractivity contribution in [1.29, 1.82) is 0 Å². The van der Waals surface area contributed by atoms with Crippen molar-refractivity contribution in [1.82, 2.24) is 0 Å². The van der Waals surface area contributed by atoms with E-state index in [4.69, 9.17) is 11.5 Å². The summed E-state index contributed by atoms with van der Waals surface area (Å²) in [5.41, 5.74) is 12.7. The highest BCUT2D eigenvalue weighted by molar-refractivity contribution is 7.20. The van der Waals surface area contributed by atoms with E-state index in [-0.39, 0.29) is 16.5 Å². The largest absolute Gasteiger partial charge is 0.366 e. The molecule has 0 aliphatic rings. The van der Waals surface area contributed by atoms with Gasteiger partial charge in [-0.1, -0.05) is 41.7 Å². The summed E-state index contributed by atoms with van der Waals surface area (Å²) in [4.78, 5) is 35.2. The quantitative estimate of drug-likeness (QED) is 0.537. The van der Waals surface area contributed by atoms with Crippen molar-refractivity contribution in [2.75, 3.05) is 10.6 Å². The van der Waals surface area contributed by atoms with Gasteiger partial charge in [-0.15, -0.1) is 0 Å². The Morgan fingerprint density at radius 3 is 2.31 bits per heavy atom. The molecule has 0 fully saturated rings. The van der Waals surface area contributed by atoms with Crippen LogP contribution in [0.15, 0.2) is 47.2 Å². The van der Waals surface area contributed by atoms with Crippen molar-refractivity contribution >= 4 is 50.5 Å². The lowest BCUT2D eigenvalue weighted by Gasteiger charge is -2.05. The average Bonchev–Trinajstić information content (AvgIpc) is 3.22. The number of nitrogens with one attached hydrogen (secondary N) is 2. The molecule has 0 radical (unpaired) electrons. The van der Waals surface area contributed by atoms with Crippen LogP contribution in [0.2, 0.25) is 0 Å². The van der Waals surface area contributed by atoms with Gasteiger partial charge in [0, 0.05) is 10.9 Å². The number of thiophene rings is 2. The molecule has 132 valence electrons. The minimum atomic E-state index is -0.823. The van der Waals surface area contributed by atoms with Crippen LogP contribution in [0.5, 0.6) is 0 Å². The minimum absolute atomic E-state index is 0.0812. The second kappa shape index (κ2) is 7.38. The molecule has 1 aromatic carbocycles. The van der Waals surface area contributed by atoms with Crippen LogP contribution >= 0.6 is 22.7 Å². The van der Waals surface area contributed by atoms with Crippen LogP contribution in [0.1, 0.15) is 20.7 Å². The summed E-state index contributed by atoms with van der Waals surface area (Å²) in [5, 5.41) is 9.27. The van der Waals surface area contributed by atoms with Gasteiger partial charge in [0.1, 0.15) is 5.00 Å². The van der Waals surface area contributed by atoms with Crippen LogP contribution in [0.25, 0.3) is 11.1 Å². The van der Waals surface area contributed by atoms with Gasteiger partial charge >= 0.3 is 6.03 Å². The number of hydrogen-bond acceptors (Lipinski definition) is 5. The molecule has 0 spiro atoms. The van der Waals surface area contributed by atoms with E-state index in [0.717, 1.165) is 22.5 Å². The predicted octanol–water partition coefficient (Wildman–Crippen LogP) is 3.32. The fourth-order valence-electron chi connectivity index (χ4n) is 2.33. The maximum atomic E-state index is 12.7. The van der Waals surface area contributed by atoms with E-state index in [1.165, 1.54) is 17.4 Å². The molecule has 0 saturated heterocycles. The van der Waals surface area contributed by atoms with Gasteiger partial charge in [-0.05, 0) is 17.0 Å². The molecule has 26 heavy (non-hydrogen) atoms. The monoisotopic (exact) mass is 386 g/mol. The van der Waals surface area contributed by atoms with Crippen LogP contribution in [-0.4, -0.2) is 17.8 Å². The number of carbonyl (C=O) groups excluding carboxylic acids is 3. The fraction of sp³-hybridized carbons (Fsp3) is 0. The predicted molar refractivity (Wildman–Crippen MR) is 104 cm³/mol. The minimum Gasteiger partial charge on any atom is -0.366 e. The number of hydrogen-bond donors (Lipinski definition) is 4. The number of nitrogens with two attached hydrogens (primary N) is 2. The first-order chi connectivity index (χ1) is 12.5. The number of urea groups is 1. The number of anilines is 2. The topological polar surface area (TPSA) is 127 Å². The first-order valence-corrected chi connectivity index (χ1v) is 9.14. The SMILES string of the molecule is NC(=O)Nc1sc(NC(=O)c2cscc2-c2ccccc2)cc1C(N)=O. The van der Waals surface area contributed by atoms with E-state index >= 15 is 0 Å². The highest BCUT2D eigenvalue weighted by Crippen LogP contribution is 2.33. The third-order valence-electron chi connectivity index (χ3n) is 3.46. The van der Waals surface area contributed by atoms with E-state index in [9.17, 15) is 14.4 Å². The molecule has 9 heteroatoms. The second-order valence-corrected chi connectivity index (χ2v) is 7.02. The van der Waals surface area contributed by atoms with Gasteiger partial charge in [0.25, 0.3) is 11.8 Å². The lowest BCUT2D eigenvalue weighted by Crippen LogP contribution is -2.21. The van der Waals surface area contributed by atoms with Crippen molar-refractivity contribution < 1.29 is 14.4 Å². The molecule has 0 aliphatic heterocycles. The Bertz CT molecular complexity index is 979. The Morgan fingerprint density at radius 2 is 1.65 bits per heavy atom. The molecule has 4 amide bonds. The Kier molecular flexibility index (Phi) is 5.01. The number of amides is 4. The van der Waals surface area contributed by atoms with Crippen molar-refractivity contribution in [2.24, 2.45) is 11.5 Å². The molecule has 2 heterocycles. The number of rotatable bonds is 5. The van der Waals surface area contributed by atoms with Crippen molar-refractivity contribution in [3.05, 3.63) is 58.3 Å². The first kappa shape index (κ1) is 17.6. The number of carbonyl (C=O) groups is 3. The molecule has 3 aromatic rings. The van der Waals surface area contributed by atoms with E-state index in [2.05, 4.69) is 10.6 Å². The molecular formula is C17H14N4O3S2. The maximum absolute atomic E-state index is 12.7. The molecule has 7 nitrogen and oxygen atoms in total. The average molecular weight is 386 g/mol. The Labute approximate surface area is 156 Å². The Hall–Kier alpha value is -3.17. The third-order valence-corrected chi connectivity index (χ3v) is 5.17. The summed E-state index contributed by atoms with van der Waals surface area (Å²) < 4.78 is 0. The van der Waals surface area contributed by atoms with Gasteiger partial charge in [0.2, 0.25) is 0 Å². The molecule has 0 saturated carbocycles. The van der Waals surface area contributed by atoms with Crippen LogP contribution in [0.3, 0.4) is 0 Å². The van der Waals surface area contributed by atoms with E-state index in [1.807, 2.05) is 35.7 Å². The zero-order chi connectivity index (χ0) is 18.7. The number of benzene rings is 1. The molecule has 0 atom stereocenters. The second-order valence-electron chi connectivity index (χ2n) is 5.23. The lowest BCUT2D eigenvalue weighted by molar-refractivity contribution is 0.0997. The van der Waals surface area contributed by atoms with Gasteiger partial charge in [0.15, 0.2) is 0 Å². The molecule has 3 rings (SSSR count). The first-order valence-electron chi connectivity index (χ1n) is 7.38. The van der Waals surface area contributed by atoms with Gasteiger partial charge in [-0.2, -0.15) is 11.3 Å². The lowest BCUT2D eigenvalue weighted by atomic mass is 10.0. The standard InChI is InChI=1S/C17H14N4O3S2/c18-14(22)10-6-13(26-16(10)21-17(19)24)20-15(23)12-8-25-7-11(12)9-4-2-1-3-5-9/h1-8H,(H2,18,22)(H,20,23)(H3,19,21,24). The maximum Gasteiger partial charge on any atom is 0.317 e. The highest BCUT2D eigenvalue weighted by Gasteiger charge is 2.19. The van der Waals surface area contributed by atoms with E-state index in [1.54, 1.807) is 5.38 Å². The molecular weight excluding hydrogens is 372 g/mol. The van der Waals surface area contributed by atoms with Crippen LogP contribution in [0, 0.1) is 0 Å². The normalized spacial score (nSPS) is 10.3. The van der Waals surface area contributed by atoms with E-state index < -0.39 is 11.9 Å². The summed E-state index contributed by atoms with van der Waals surface area (Å²) in [6.07, 6.45) is 0.